The number of benzene rings is 1. The number of rotatable bonds is 2. The van der Waals surface area contributed by atoms with Crippen molar-refractivity contribution < 1.29 is 14.7 Å². The molecule has 2 rings (SSSR count). The lowest BCUT2D eigenvalue weighted by molar-refractivity contribution is -0.134. The van der Waals surface area contributed by atoms with Crippen molar-refractivity contribution in [2.24, 2.45) is 0 Å². The number of nitrogens with one attached hydrogen (secondary N) is 1. The number of aromatic hydroxyl groups is 1. The van der Waals surface area contributed by atoms with Crippen molar-refractivity contribution in [3.05, 3.63) is 29.3 Å². The fourth-order valence-electron chi connectivity index (χ4n) is 2.42. The number of piperazine rings is 1. The Morgan fingerprint density at radius 2 is 2.10 bits per heavy atom. The van der Waals surface area contributed by atoms with E-state index in [1.165, 1.54) is 11.0 Å². The molecule has 6 heteroatoms. The molecule has 1 aromatic carbocycles. The second-order valence-electron chi connectivity index (χ2n) is 5.45. The molecule has 1 aromatic rings. The van der Waals surface area contributed by atoms with Crippen molar-refractivity contribution >= 4 is 11.8 Å². The summed E-state index contributed by atoms with van der Waals surface area (Å²) in [4.78, 5) is 28.0. The van der Waals surface area contributed by atoms with Crippen molar-refractivity contribution in [1.29, 1.82) is 0 Å². The Bertz CT molecular complexity index is 557. The standard InChI is InChI=1S/C15H21N3O3/c1-10-8-11(4-5-13(10)19)14(20)18-7-6-16-9-12(18)15(21)17(2)3/h4-5,8,12,16,19H,6-7,9H2,1-3H3. The maximum absolute atomic E-state index is 12.6. The maximum atomic E-state index is 12.6. The van der Waals surface area contributed by atoms with Gasteiger partial charge in [-0.3, -0.25) is 9.59 Å². The number of carbonyl (C=O) groups excluding carboxylic acids is 2. The quantitative estimate of drug-likeness (QED) is 0.816. The van der Waals surface area contributed by atoms with Crippen LogP contribution in [0.3, 0.4) is 0 Å². The Kier molecular flexibility index (Phi) is 4.47. The van der Waals surface area contributed by atoms with Crippen molar-refractivity contribution in [3.8, 4) is 5.75 Å². The van der Waals surface area contributed by atoms with Gasteiger partial charge >= 0.3 is 0 Å². The number of hydrogen-bond acceptors (Lipinski definition) is 4. The summed E-state index contributed by atoms with van der Waals surface area (Å²) >= 11 is 0. The highest BCUT2D eigenvalue weighted by Crippen LogP contribution is 2.19. The van der Waals surface area contributed by atoms with E-state index in [9.17, 15) is 14.7 Å². The van der Waals surface area contributed by atoms with Crippen molar-refractivity contribution in [2.45, 2.75) is 13.0 Å². The zero-order chi connectivity index (χ0) is 15.6. The van der Waals surface area contributed by atoms with Gasteiger partial charge in [0.25, 0.3) is 5.91 Å². The van der Waals surface area contributed by atoms with Crippen LogP contribution < -0.4 is 5.32 Å². The van der Waals surface area contributed by atoms with Crippen LogP contribution >= 0.6 is 0 Å². The van der Waals surface area contributed by atoms with Crippen LogP contribution in [0.1, 0.15) is 15.9 Å². The third kappa shape index (κ3) is 3.16. The van der Waals surface area contributed by atoms with Crippen molar-refractivity contribution in [1.82, 2.24) is 15.1 Å². The van der Waals surface area contributed by atoms with Gasteiger partial charge in [0.05, 0.1) is 0 Å². The molecule has 1 fully saturated rings. The molecule has 1 unspecified atom stereocenters. The molecule has 2 amide bonds. The van der Waals surface area contributed by atoms with E-state index in [4.69, 9.17) is 0 Å². The van der Waals surface area contributed by atoms with Gasteiger partial charge in [-0.25, -0.2) is 0 Å². The van der Waals surface area contributed by atoms with E-state index in [1.807, 2.05) is 0 Å². The van der Waals surface area contributed by atoms with E-state index in [-0.39, 0.29) is 17.6 Å². The third-order valence-corrected chi connectivity index (χ3v) is 3.67. The molecule has 114 valence electrons. The number of nitrogens with zero attached hydrogens (tertiary/aromatic N) is 2. The van der Waals surface area contributed by atoms with Crippen LogP contribution in [0, 0.1) is 6.92 Å². The van der Waals surface area contributed by atoms with Crippen LogP contribution in [0.2, 0.25) is 0 Å². The third-order valence-electron chi connectivity index (χ3n) is 3.67. The first-order chi connectivity index (χ1) is 9.91. The van der Waals surface area contributed by atoms with E-state index in [0.717, 1.165) is 0 Å². The predicted molar refractivity (Wildman–Crippen MR) is 79.2 cm³/mol. The Balaban J connectivity index is 2.26. The SMILES string of the molecule is Cc1cc(C(=O)N2CCNCC2C(=O)N(C)C)ccc1O. The highest BCUT2D eigenvalue weighted by atomic mass is 16.3. The van der Waals surface area contributed by atoms with Crippen molar-refractivity contribution in [3.63, 3.8) is 0 Å². The molecule has 0 radical (unpaired) electrons. The monoisotopic (exact) mass is 291 g/mol. The molecule has 1 heterocycles. The largest absolute Gasteiger partial charge is 0.508 e. The minimum absolute atomic E-state index is 0.0916. The first-order valence-corrected chi connectivity index (χ1v) is 6.94. The molecule has 0 spiro atoms. The van der Waals surface area contributed by atoms with Gasteiger partial charge in [0.2, 0.25) is 5.91 Å². The van der Waals surface area contributed by atoms with Crippen molar-refractivity contribution in [2.75, 3.05) is 33.7 Å². The summed E-state index contributed by atoms with van der Waals surface area (Å²) in [6.07, 6.45) is 0. The fraction of sp³-hybridized carbons (Fsp3) is 0.467. The number of likely N-dealkylation sites (N-methyl/N-ethyl adjacent to an activating group) is 1. The van der Waals surface area contributed by atoms with E-state index >= 15 is 0 Å². The lowest BCUT2D eigenvalue weighted by Gasteiger charge is -2.36. The Hall–Kier alpha value is -2.08. The fourth-order valence-corrected chi connectivity index (χ4v) is 2.42. The second kappa shape index (κ2) is 6.13. The predicted octanol–water partition coefficient (Wildman–Crippen LogP) is 0.203. The van der Waals surface area contributed by atoms with Crippen LogP contribution in [0.4, 0.5) is 0 Å². The molecule has 0 aliphatic carbocycles. The van der Waals surface area contributed by atoms with Gasteiger partial charge in [0.15, 0.2) is 0 Å². The molecule has 2 N–H and O–H groups in total. The van der Waals surface area contributed by atoms with E-state index in [2.05, 4.69) is 5.32 Å². The number of phenolic OH excluding ortho intramolecular Hbond substituents is 1. The highest BCUT2D eigenvalue weighted by Gasteiger charge is 2.33. The van der Waals surface area contributed by atoms with E-state index < -0.39 is 6.04 Å². The molecule has 21 heavy (non-hydrogen) atoms. The lowest BCUT2D eigenvalue weighted by atomic mass is 10.1. The smallest absolute Gasteiger partial charge is 0.254 e. The second-order valence-corrected chi connectivity index (χ2v) is 5.45. The minimum Gasteiger partial charge on any atom is -0.508 e. The molecule has 1 aliphatic heterocycles. The molecule has 0 saturated carbocycles. The van der Waals surface area contributed by atoms with Gasteiger partial charge in [0, 0.05) is 39.3 Å². The zero-order valence-corrected chi connectivity index (χ0v) is 12.6. The summed E-state index contributed by atoms with van der Waals surface area (Å²) < 4.78 is 0. The van der Waals surface area contributed by atoms with Crippen LogP contribution in [0.25, 0.3) is 0 Å². The average molecular weight is 291 g/mol. The number of amides is 2. The topological polar surface area (TPSA) is 72.9 Å². The molecular weight excluding hydrogens is 270 g/mol. The van der Waals surface area contributed by atoms with Crippen LogP contribution in [-0.4, -0.2) is 66.5 Å². The highest BCUT2D eigenvalue weighted by molar-refractivity contribution is 5.98. The summed E-state index contributed by atoms with van der Waals surface area (Å²) in [5, 5.41) is 12.7. The normalized spacial score (nSPS) is 18.4. The van der Waals surface area contributed by atoms with Crippen LogP contribution in [0.15, 0.2) is 18.2 Å². The summed E-state index contributed by atoms with van der Waals surface area (Å²) in [6, 6.07) is 4.25. The number of carbonyl (C=O) groups is 2. The average Bonchev–Trinajstić information content (AvgIpc) is 2.48. The van der Waals surface area contributed by atoms with Gasteiger partial charge < -0.3 is 20.2 Å². The summed E-state index contributed by atoms with van der Waals surface area (Å²) in [5.41, 5.74) is 1.13. The summed E-state index contributed by atoms with van der Waals surface area (Å²) in [6.45, 7) is 3.36. The van der Waals surface area contributed by atoms with E-state index in [0.29, 0.717) is 30.8 Å². The molecule has 1 atom stereocenters. The van der Waals surface area contributed by atoms with Gasteiger partial charge in [-0.15, -0.1) is 0 Å². The lowest BCUT2D eigenvalue weighted by Crippen LogP contribution is -2.59. The number of hydrogen-bond donors (Lipinski definition) is 2. The van der Waals surface area contributed by atoms with Gasteiger partial charge in [-0.2, -0.15) is 0 Å². The number of aryl methyl sites for hydroxylation is 1. The Morgan fingerprint density at radius 1 is 1.38 bits per heavy atom. The summed E-state index contributed by atoms with van der Waals surface area (Å²) in [7, 11) is 3.37. The molecular formula is C15H21N3O3. The van der Waals surface area contributed by atoms with Crippen LogP contribution in [0.5, 0.6) is 5.75 Å². The molecule has 0 bridgehead atoms. The van der Waals surface area contributed by atoms with Gasteiger partial charge in [-0.1, -0.05) is 0 Å². The Morgan fingerprint density at radius 3 is 2.71 bits per heavy atom. The first-order valence-electron chi connectivity index (χ1n) is 6.94. The first kappa shape index (κ1) is 15.3. The summed E-state index contributed by atoms with van der Waals surface area (Å²) in [5.74, 6) is -0.112. The molecule has 1 saturated heterocycles. The van der Waals surface area contributed by atoms with Gasteiger partial charge in [0.1, 0.15) is 11.8 Å². The molecule has 1 aliphatic rings. The molecule has 0 aromatic heterocycles. The van der Waals surface area contributed by atoms with E-state index in [1.54, 1.807) is 38.1 Å². The van der Waals surface area contributed by atoms with Crippen LogP contribution in [-0.2, 0) is 4.79 Å². The maximum Gasteiger partial charge on any atom is 0.254 e. The zero-order valence-electron chi connectivity index (χ0n) is 12.6. The number of phenols is 1. The minimum atomic E-state index is -0.490. The Labute approximate surface area is 124 Å². The van der Waals surface area contributed by atoms with Gasteiger partial charge in [-0.05, 0) is 30.7 Å². The molecule has 6 nitrogen and oxygen atoms in total.